The summed E-state index contributed by atoms with van der Waals surface area (Å²) >= 11 is 0. The number of hydrogen-bond donors (Lipinski definition) is 4. The number of benzene rings is 2. The topological polar surface area (TPSA) is 151 Å². The molecular formula is C20H22N4O7. The van der Waals surface area contributed by atoms with Crippen molar-refractivity contribution in [3.05, 3.63) is 47.5 Å². The van der Waals surface area contributed by atoms with Crippen molar-refractivity contribution in [3.8, 4) is 23.0 Å². The second-order valence-electron chi connectivity index (χ2n) is 5.94. The molecule has 0 heterocycles. The van der Waals surface area contributed by atoms with Crippen molar-refractivity contribution < 1.29 is 34.0 Å². The molecule has 0 radical (unpaired) electrons. The van der Waals surface area contributed by atoms with E-state index in [-0.39, 0.29) is 36.2 Å². The summed E-state index contributed by atoms with van der Waals surface area (Å²) in [6, 6.07) is 9.13. The Morgan fingerprint density at radius 3 is 1.65 bits per heavy atom. The molecule has 11 nitrogen and oxygen atoms in total. The smallest absolute Gasteiger partial charge is 0.266 e. The molecule has 2 amide bonds. The van der Waals surface area contributed by atoms with Crippen LogP contribution in [-0.2, 0) is 14.3 Å². The lowest BCUT2D eigenvalue weighted by Crippen LogP contribution is -2.28. The Balaban J connectivity index is 1.69. The van der Waals surface area contributed by atoms with Gasteiger partial charge in [0.05, 0.1) is 26.6 Å². The van der Waals surface area contributed by atoms with E-state index in [1.807, 2.05) is 0 Å². The van der Waals surface area contributed by atoms with Gasteiger partial charge in [0.25, 0.3) is 11.8 Å². The van der Waals surface area contributed by atoms with Crippen LogP contribution in [0.1, 0.15) is 11.1 Å². The number of aromatic hydroxyl groups is 2. The first kappa shape index (κ1) is 23.2. The van der Waals surface area contributed by atoms with E-state index < -0.39 is 11.8 Å². The number of phenolic OH excluding ortho intramolecular Hbond substituents is 2. The zero-order valence-electron chi connectivity index (χ0n) is 16.9. The molecule has 31 heavy (non-hydrogen) atoms. The molecule has 0 aliphatic carbocycles. The van der Waals surface area contributed by atoms with Crippen molar-refractivity contribution in [2.75, 3.05) is 27.4 Å². The zero-order valence-corrected chi connectivity index (χ0v) is 16.9. The van der Waals surface area contributed by atoms with Crippen LogP contribution in [0.15, 0.2) is 46.6 Å². The summed E-state index contributed by atoms with van der Waals surface area (Å²) in [5.74, 6) is -0.595. The van der Waals surface area contributed by atoms with Gasteiger partial charge in [-0.2, -0.15) is 10.2 Å². The highest BCUT2D eigenvalue weighted by Gasteiger charge is 2.05. The first-order chi connectivity index (χ1) is 14.9. The number of amides is 2. The van der Waals surface area contributed by atoms with Crippen LogP contribution in [0, 0.1) is 0 Å². The highest BCUT2D eigenvalue weighted by atomic mass is 16.5. The number of methoxy groups -OCH3 is 2. The maximum absolute atomic E-state index is 11.7. The lowest BCUT2D eigenvalue weighted by Gasteiger charge is -2.04. The molecule has 2 aromatic carbocycles. The standard InChI is InChI=1S/C20H22N4O7/c1-29-17-7-13(3-5-15(17)25)9-21-23-19(27)11-31-12-20(28)24-22-10-14-4-6-16(26)18(8-14)30-2/h3-10,25-26H,11-12H2,1-2H3,(H,23,27)(H,24,28). The molecular weight excluding hydrogens is 408 g/mol. The largest absolute Gasteiger partial charge is 0.504 e. The third kappa shape index (κ3) is 7.66. The summed E-state index contributed by atoms with van der Waals surface area (Å²) in [5.41, 5.74) is 5.68. The zero-order chi connectivity index (χ0) is 22.6. The third-order valence-electron chi connectivity index (χ3n) is 3.68. The molecule has 0 aliphatic heterocycles. The molecule has 0 saturated carbocycles. The van der Waals surface area contributed by atoms with Crippen LogP contribution in [0.25, 0.3) is 0 Å². The Kier molecular flexibility index (Phi) is 8.80. The molecule has 11 heteroatoms. The minimum Gasteiger partial charge on any atom is -0.504 e. The summed E-state index contributed by atoms with van der Waals surface area (Å²) in [6.45, 7) is -0.773. The Morgan fingerprint density at radius 2 is 1.26 bits per heavy atom. The summed E-state index contributed by atoms with van der Waals surface area (Å²) in [7, 11) is 2.84. The van der Waals surface area contributed by atoms with Gasteiger partial charge in [0.2, 0.25) is 0 Å². The number of carbonyl (C=O) groups is 2. The predicted octanol–water partition coefficient (Wildman–Crippen LogP) is 0.732. The third-order valence-corrected chi connectivity index (χ3v) is 3.68. The first-order valence-corrected chi connectivity index (χ1v) is 8.88. The number of ether oxygens (including phenoxy) is 3. The maximum Gasteiger partial charge on any atom is 0.266 e. The van der Waals surface area contributed by atoms with E-state index >= 15 is 0 Å². The van der Waals surface area contributed by atoms with Crippen LogP contribution in [-0.4, -0.2) is 61.9 Å². The van der Waals surface area contributed by atoms with Crippen LogP contribution in [0.2, 0.25) is 0 Å². The van der Waals surface area contributed by atoms with Gasteiger partial charge in [0.1, 0.15) is 13.2 Å². The Hall–Kier alpha value is -4.12. The van der Waals surface area contributed by atoms with Crippen LogP contribution in [0.4, 0.5) is 0 Å². The van der Waals surface area contributed by atoms with E-state index in [4.69, 9.17) is 14.2 Å². The summed E-state index contributed by atoms with van der Waals surface area (Å²) in [5, 5.41) is 26.6. The van der Waals surface area contributed by atoms with Crippen molar-refractivity contribution in [2.45, 2.75) is 0 Å². The predicted molar refractivity (Wildman–Crippen MR) is 112 cm³/mol. The van der Waals surface area contributed by atoms with Gasteiger partial charge in [0.15, 0.2) is 23.0 Å². The Morgan fingerprint density at radius 1 is 0.839 bits per heavy atom. The van der Waals surface area contributed by atoms with Gasteiger partial charge >= 0.3 is 0 Å². The van der Waals surface area contributed by atoms with Crippen molar-refractivity contribution in [1.82, 2.24) is 10.9 Å². The SMILES string of the molecule is COc1cc(C=NNC(=O)COCC(=O)NN=Cc2ccc(O)c(OC)c2)ccc1O. The number of phenols is 2. The molecule has 2 aromatic rings. The van der Waals surface area contributed by atoms with Crippen LogP contribution in [0.5, 0.6) is 23.0 Å². The lowest BCUT2D eigenvalue weighted by molar-refractivity contribution is -0.130. The molecule has 0 aromatic heterocycles. The molecule has 0 spiro atoms. The van der Waals surface area contributed by atoms with Crippen molar-refractivity contribution in [3.63, 3.8) is 0 Å². The summed E-state index contributed by atoms with van der Waals surface area (Å²) in [6.07, 6.45) is 2.72. The van der Waals surface area contributed by atoms with E-state index in [1.165, 1.54) is 38.8 Å². The lowest BCUT2D eigenvalue weighted by atomic mass is 10.2. The molecule has 164 valence electrons. The fourth-order valence-corrected chi connectivity index (χ4v) is 2.21. The first-order valence-electron chi connectivity index (χ1n) is 8.88. The average Bonchev–Trinajstić information content (AvgIpc) is 2.76. The number of hydrazone groups is 2. The van der Waals surface area contributed by atoms with Crippen LogP contribution in [0.3, 0.4) is 0 Å². The van der Waals surface area contributed by atoms with E-state index in [1.54, 1.807) is 24.3 Å². The van der Waals surface area contributed by atoms with Gasteiger partial charge < -0.3 is 24.4 Å². The van der Waals surface area contributed by atoms with Crippen molar-refractivity contribution >= 4 is 24.2 Å². The molecule has 0 bridgehead atoms. The fraction of sp³-hybridized carbons (Fsp3) is 0.200. The normalized spacial score (nSPS) is 10.9. The van der Waals surface area contributed by atoms with Gasteiger partial charge in [-0.1, -0.05) is 0 Å². The second kappa shape index (κ2) is 11.8. The van der Waals surface area contributed by atoms with Gasteiger partial charge in [0, 0.05) is 0 Å². The number of rotatable bonds is 10. The minimum absolute atomic E-state index is 0.0116. The highest BCUT2D eigenvalue weighted by molar-refractivity contribution is 5.85. The van der Waals surface area contributed by atoms with E-state index in [2.05, 4.69) is 21.1 Å². The summed E-state index contributed by atoms with van der Waals surface area (Å²) in [4.78, 5) is 23.3. The number of carbonyl (C=O) groups excluding carboxylic acids is 2. The van der Waals surface area contributed by atoms with E-state index in [0.29, 0.717) is 11.1 Å². The quantitative estimate of drug-likeness (QED) is 0.320. The van der Waals surface area contributed by atoms with Gasteiger partial charge in [-0.05, 0) is 47.5 Å². The number of hydrogen-bond acceptors (Lipinski definition) is 9. The monoisotopic (exact) mass is 430 g/mol. The number of nitrogens with zero attached hydrogens (tertiary/aromatic N) is 2. The fourth-order valence-electron chi connectivity index (χ4n) is 2.21. The highest BCUT2D eigenvalue weighted by Crippen LogP contribution is 2.26. The molecule has 0 fully saturated rings. The molecule has 0 aliphatic rings. The minimum atomic E-state index is -0.561. The number of nitrogens with one attached hydrogen (secondary N) is 2. The average molecular weight is 430 g/mol. The maximum atomic E-state index is 11.7. The molecule has 2 rings (SSSR count). The van der Waals surface area contributed by atoms with Crippen LogP contribution >= 0.6 is 0 Å². The molecule has 4 N–H and O–H groups in total. The van der Waals surface area contributed by atoms with Gasteiger partial charge in [-0.3, -0.25) is 9.59 Å². The second-order valence-corrected chi connectivity index (χ2v) is 5.94. The van der Waals surface area contributed by atoms with Crippen molar-refractivity contribution in [1.29, 1.82) is 0 Å². The molecule has 0 atom stereocenters. The Labute approximate surface area is 177 Å². The molecule has 0 saturated heterocycles. The van der Waals surface area contributed by atoms with E-state index in [9.17, 15) is 19.8 Å². The van der Waals surface area contributed by atoms with E-state index in [0.717, 1.165) is 0 Å². The Bertz CT molecular complexity index is 898. The van der Waals surface area contributed by atoms with Gasteiger partial charge in [-0.25, -0.2) is 10.9 Å². The molecule has 0 unspecified atom stereocenters. The van der Waals surface area contributed by atoms with Crippen molar-refractivity contribution in [2.24, 2.45) is 10.2 Å². The van der Waals surface area contributed by atoms with Gasteiger partial charge in [-0.15, -0.1) is 0 Å². The summed E-state index contributed by atoms with van der Waals surface area (Å²) < 4.78 is 14.9. The van der Waals surface area contributed by atoms with Crippen LogP contribution < -0.4 is 20.3 Å².